The van der Waals surface area contributed by atoms with E-state index in [1.807, 2.05) is 6.07 Å². The zero-order valence-corrected chi connectivity index (χ0v) is 9.87. The van der Waals surface area contributed by atoms with Crippen LogP contribution >= 0.6 is 0 Å². The summed E-state index contributed by atoms with van der Waals surface area (Å²) in [5.74, 6) is 0.806. The van der Waals surface area contributed by atoms with Crippen molar-refractivity contribution in [2.75, 3.05) is 0 Å². The summed E-state index contributed by atoms with van der Waals surface area (Å²) < 4.78 is 5.70. The molecule has 0 fully saturated rings. The molecule has 4 nitrogen and oxygen atoms in total. The molecular weight excluding hydrogens is 244 g/mol. The lowest BCUT2D eigenvalue weighted by molar-refractivity contribution is -0.137. The molecule has 0 spiro atoms. The average molecular weight is 254 g/mol. The summed E-state index contributed by atoms with van der Waals surface area (Å²) in [6.45, 7) is 0. The first kappa shape index (κ1) is 11.5. The third-order valence-corrected chi connectivity index (χ3v) is 2.88. The van der Waals surface area contributed by atoms with Gasteiger partial charge >= 0.3 is 0 Å². The highest BCUT2D eigenvalue weighted by atomic mass is 17.1. The molecule has 0 amide bonds. The third-order valence-electron chi connectivity index (χ3n) is 2.88. The number of benzene rings is 2. The smallest absolute Gasteiger partial charge is 0.193 e. The van der Waals surface area contributed by atoms with Gasteiger partial charge in [-0.15, -0.1) is 0 Å². The average Bonchev–Trinajstić information content (AvgIpc) is 2.47. The van der Waals surface area contributed by atoms with Crippen LogP contribution in [0, 0.1) is 0 Å². The van der Waals surface area contributed by atoms with E-state index in [4.69, 9.17) is 9.67 Å². The molecule has 0 radical (unpaired) electrons. The fourth-order valence-electron chi connectivity index (χ4n) is 1.93. The van der Waals surface area contributed by atoms with E-state index in [-0.39, 0.29) is 5.43 Å². The molecule has 94 valence electrons. The minimum Gasteiger partial charge on any atom is -0.456 e. The van der Waals surface area contributed by atoms with E-state index in [0.717, 1.165) is 5.56 Å². The van der Waals surface area contributed by atoms with Gasteiger partial charge < -0.3 is 9.30 Å². The van der Waals surface area contributed by atoms with Crippen LogP contribution in [0.4, 0.5) is 0 Å². The maximum atomic E-state index is 12.0. The molecule has 1 heterocycles. The highest BCUT2D eigenvalue weighted by molar-refractivity contribution is 5.78. The van der Waals surface area contributed by atoms with Crippen molar-refractivity contribution in [3.05, 3.63) is 64.8 Å². The van der Waals surface area contributed by atoms with Gasteiger partial charge in [0.2, 0.25) is 0 Å². The lowest BCUT2D eigenvalue weighted by Crippen LogP contribution is -1.99. The van der Waals surface area contributed by atoms with E-state index in [9.17, 15) is 4.79 Å². The molecule has 0 aliphatic rings. The Morgan fingerprint density at radius 3 is 2.47 bits per heavy atom. The molecule has 4 heteroatoms. The van der Waals surface area contributed by atoms with E-state index in [2.05, 4.69) is 4.89 Å². The lowest BCUT2D eigenvalue weighted by atomic mass is 10.1. The highest BCUT2D eigenvalue weighted by Gasteiger charge is 2.06. The van der Waals surface area contributed by atoms with Gasteiger partial charge in [-0.3, -0.25) is 4.79 Å². The zero-order valence-electron chi connectivity index (χ0n) is 9.87. The van der Waals surface area contributed by atoms with E-state index in [0.29, 0.717) is 22.5 Å². The Labute approximate surface area is 108 Å². The Kier molecular flexibility index (Phi) is 2.78. The van der Waals surface area contributed by atoms with Crippen LogP contribution in [0.1, 0.15) is 0 Å². The molecule has 0 aliphatic carbocycles. The Morgan fingerprint density at radius 1 is 1.00 bits per heavy atom. The van der Waals surface area contributed by atoms with Gasteiger partial charge in [-0.05, 0) is 36.4 Å². The summed E-state index contributed by atoms with van der Waals surface area (Å²) in [4.78, 5) is 16.1. The van der Waals surface area contributed by atoms with Crippen LogP contribution < -0.4 is 10.3 Å². The molecular formula is C15H10O4. The summed E-state index contributed by atoms with van der Waals surface area (Å²) >= 11 is 0. The van der Waals surface area contributed by atoms with Gasteiger partial charge in [0, 0.05) is 11.6 Å². The predicted octanol–water partition coefficient (Wildman–Crippen LogP) is 3.31. The number of hydrogen-bond acceptors (Lipinski definition) is 4. The van der Waals surface area contributed by atoms with Crippen LogP contribution in [0.2, 0.25) is 0 Å². The van der Waals surface area contributed by atoms with Crippen molar-refractivity contribution in [3.8, 4) is 17.1 Å². The molecule has 0 bridgehead atoms. The largest absolute Gasteiger partial charge is 0.456 e. The van der Waals surface area contributed by atoms with Crippen LogP contribution in [0.3, 0.4) is 0 Å². The molecule has 0 atom stereocenters. The van der Waals surface area contributed by atoms with Gasteiger partial charge in [0.25, 0.3) is 0 Å². The molecule has 1 aromatic heterocycles. The van der Waals surface area contributed by atoms with Crippen LogP contribution in [0.25, 0.3) is 22.3 Å². The van der Waals surface area contributed by atoms with Crippen molar-refractivity contribution in [3.63, 3.8) is 0 Å². The molecule has 0 saturated heterocycles. The van der Waals surface area contributed by atoms with Crippen molar-refractivity contribution in [2.45, 2.75) is 0 Å². The van der Waals surface area contributed by atoms with E-state index < -0.39 is 0 Å². The Morgan fingerprint density at radius 2 is 1.74 bits per heavy atom. The maximum Gasteiger partial charge on any atom is 0.193 e. The molecule has 0 unspecified atom stereocenters. The van der Waals surface area contributed by atoms with E-state index in [1.165, 1.54) is 6.07 Å². The SMILES string of the molecule is O=c1cc(-c2ccc(OO)cc2)oc2ccccc12. The zero-order chi connectivity index (χ0) is 13.2. The summed E-state index contributed by atoms with van der Waals surface area (Å²) in [7, 11) is 0. The second-order valence-electron chi connectivity index (χ2n) is 4.09. The number of rotatable bonds is 2. The van der Waals surface area contributed by atoms with Crippen LogP contribution in [0.15, 0.2) is 63.8 Å². The first-order chi connectivity index (χ1) is 9.28. The Hall–Kier alpha value is -2.59. The summed E-state index contributed by atoms with van der Waals surface area (Å²) in [5.41, 5.74) is 1.20. The number of fused-ring (bicyclic) bond motifs is 1. The van der Waals surface area contributed by atoms with Crippen LogP contribution in [-0.4, -0.2) is 5.26 Å². The van der Waals surface area contributed by atoms with Gasteiger partial charge in [0.05, 0.1) is 5.39 Å². The molecule has 0 saturated carbocycles. The second-order valence-corrected chi connectivity index (χ2v) is 4.09. The topological polar surface area (TPSA) is 59.7 Å². The molecule has 2 aromatic carbocycles. The van der Waals surface area contributed by atoms with Gasteiger partial charge in [0.15, 0.2) is 11.2 Å². The van der Waals surface area contributed by atoms with Gasteiger partial charge in [-0.1, -0.05) is 12.1 Å². The third kappa shape index (κ3) is 2.09. The first-order valence-electron chi connectivity index (χ1n) is 5.73. The van der Waals surface area contributed by atoms with E-state index in [1.54, 1.807) is 42.5 Å². The van der Waals surface area contributed by atoms with Gasteiger partial charge in [-0.25, -0.2) is 5.26 Å². The number of hydrogen-bond donors (Lipinski definition) is 1. The van der Waals surface area contributed by atoms with Crippen LogP contribution in [-0.2, 0) is 0 Å². The van der Waals surface area contributed by atoms with Crippen LogP contribution in [0.5, 0.6) is 5.75 Å². The van der Waals surface area contributed by atoms with Crippen molar-refractivity contribution < 1.29 is 14.6 Å². The minimum absolute atomic E-state index is 0.0839. The summed E-state index contributed by atoms with van der Waals surface area (Å²) in [6, 6.07) is 15.1. The monoisotopic (exact) mass is 254 g/mol. The lowest BCUT2D eigenvalue weighted by Gasteiger charge is -2.03. The summed E-state index contributed by atoms with van der Waals surface area (Å²) in [6.07, 6.45) is 0. The van der Waals surface area contributed by atoms with Crippen molar-refractivity contribution in [2.24, 2.45) is 0 Å². The Bertz CT molecular complexity index is 772. The predicted molar refractivity (Wildman–Crippen MR) is 71.2 cm³/mol. The first-order valence-corrected chi connectivity index (χ1v) is 5.73. The van der Waals surface area contributed by atoms with Crippen molar-refractivity contribution in [1.82, 2.24) is 0 Å². The van der Waals surface area contributed by atoms with E-state index >= 15 is 0 Å². The molecule has 19 heavy (non-hydrogen) atoms. The molecule has 3 aromatic rings. The van der Waals surface area contributed by atoms with Crippen molar-refractivity contribution in [1.29, 1.82) is 0 Å². The molecule has 3 rings (SSSR count). The quantitative estimate of drug-likeness (QED) is 0.563. The second kappa shape index (κ2) is 4.59. The normalized spacial score (nSPS) is 10.6. The summed E-state index contributed by atoms with van der Waals surface area (Å²) in [5, 5.41) is 9.07. The standard InChI is InChI=1S/C15H10O4/c16-13-9-15(10-5-7-11(19-17)8-6-10)18-14-4-2-1-3-12(13)14/h1-9,17H. The maximum absolute atomic E-state index is 12.0. The fourth-order valence-corrected chi connectivity index (χ4v) is 1.93. The fraction of sp³-hybridized carbons (Fsp3) is 0. The molecule has 1 N–H and O–H groups in total. The molecule has 0 aliphatic heterocycles. The van der Waals surface area contributed by atoms with Gasteiger partial charge in [0.1, 0.15) is 11.3 Å². The van der Waals surface area contributed by atoms with Gasteiger partial charge in [-0.2, -0.15) is 0 Å². The number of para-hydroxylation sites is 1. The Balaban J connectivity index is 2.16. The van der Waals surface area contributed by atoms with Crippen molar-refractivity contribution >= 4 is 11.0 Å². The minimum atomic E-state index is -0.0839. The highest BCUT2D eigenvalue weighted by Crippen LogP contribution is 2.23.